The minimum absolute atomic E-state index is 0.0184. The highest BCUT2D eigenvalue weighted by Crippen LogP contribution is 2.29. The number of aryl methyl sites for hydroxylation is 2. The van der Waals surface area contributed by atoms with E-state index in [9.17, 15) is 9.59 Å². The Balaban J connectivity index is 1.21. The van der Waals surface area contributed by atoms with E-state index < -0.39 is 0 Å². The van der Waals surface area contributed by atoms with Crippen LogP contribution in [0.15, 0.2) is 35.4 Å². The lowest BCUT2D eigenvalue weighted by molar-refractivity contribution is -0.122. The molecule has 0 radical (unpaired) electrons. The molecule has 0 atom stereocenters. The zero-order chi connectivity index (χ0) is 22.1. The van der Waals surface area contributed by atoms with Crippen LogP contribution in [0.2, 0.25) is 0 Å². The van der Waals surface area contributed by atoms with Gasteiger partial charge >= 0.3 is 0 Å². The van der Waals surface area contributed by atoms with Crippen molar-refractivity contribution in [2.75, 3.05) is 18.0 Å². The number of nitrogens with one attached hydrogen (secondary N) is 1. The second kappa shape index (κ2) is 8.68. The lowest BCUT2D eigenvalue weighted by atomic mass is 9.95. The largest absolute Gasteiger partial charge is 0.356 e. The van der Waals surface area contributed by atoms with Gasteiger partial charge in [0, 0.05) is 30.4 Å². The Labute approximate surface area is 186 Å². The van der Waals surface area contributed by atoms with E-state index in [0.29, 0.717) is 10.9 Å². The fourth-order valence-corrected chi connectivity index (χ4v) is 4.84. The van der Waals surface area contributed by atoms with E-state index in [2.05, 4.69) is 20.2 Å². The molecule has 5 rings (SSSR count). The van der Waals surface area contributed by atoms with Crippen LogP contribution in [-0.4, -0.2) is 44.6 Å². The normalized spacial score (nSPS) is 16.7. The van der Waals surface area contributed by atoms with Crippen LogP contribution in [0.3, 0.4) is 0 Å². The van der Waals surface area contributed by atoms with Gasteiger partial charge in [-0.25, -0.2) is 15.0 Å². The van der Waals surface area contributed by atoms with E-state index in [1.807, 2.05) is 13.0 Å². The van der Waals surface area contributed by atoms with Gasteiger partial charge in [-0.2, -0.15) is 0 Å². The molecular formula is C24H28N6O2. The van der Waals surface area contributed by atoms with Crippen LogP contribution in [0.4, 0.5) is 5.82 Å². The van der Waals surface area contributed by atoms with Gasteiger partial charge in [0.2, 0.25) is 5.91 Å². The Morgan fingerprint density at radius 3 is 2.75 bits per heavy atom. The fraction of sp³-hybridized carbons (Fsp3) is 0.458. The van der Waals surface area contributed by atoms with Crippen molar-refractivity contribution in [1.29, 1.82) is 0 Å². The molecule has 1 aliphatic heterocycles. The number of amides is 1. The average molecular weight is 433 g/mol. The van der Waals surface area contributed by atoms with E-state index in [-0.39, 0.29) is 24.1 Å². The second-order valence-corrected chi connectivity index (χ2v) is 8.75. The first-order valence-corrected chi connectivity index (χ1v) is 11.4. The predicted molar refractivity (Wildman–Crippen MR) is 123 cm³/mol. The van der Waals surface area contributed by atoms with Crippen molar-refractivity contribution in [1.82, 2.24) is 24.8 Å². The van der Waals surface area contributed by atoms with Crippen molar-refractivity contribution in [2.24, 2.45) is 0 Å². The van der Waals surface area contributed by atoms with E-state index in [4.69, 9.17) is 4.98 Å². The molecule has 8 heteroatoms. The zero-order valence-electron chi connectivity index (χ0n) is 18.4. The van der Waals surface area contributed by atoms with Gasteiger partial charge in [0.05, 0.1) is 17.2 Å². The van der Waals surface area contributed by atoms with Gasteiger partial charge in [0.1, 0.15) is 18.2 Å². The minimum atomic E-state index is -0.190. The van der Waals surface area contributed by atoms with Gasteiger partial charge in [-0.15, -0.1) is 0 Å². The summed E-state index contributed by atoms with van der Waals surface area (Å²) < 4.78 is 1.38. The summed E-state index contributed by atoms with van der Waals surface area (Å²) in [6.07, 6.45) is 7.66. The van der Waals surface area contributed by atoms with Crippen molar-refractivity contribution in [3.63, 3.8) is 0 Å². The molecule has 166 valence electrons. The summed E-state index contributed by atoms with van der Waals surface area (Å²) in [4.78, 5) is 41.3. The molecule has 2 aliphatic rings. The lowest BCUT2D eigenvalue weighted by Gasteiger charge is -2.35. The van der Waals surface area contributed by atoms with Gasteiger partial charge < -0.3 is 10.2 Å². The van der Waals surface area contributed by atoms with E-state index in [0.717, 1.165) is 50.4 Å². The third kappa shape index (κ3) is 4.09. The van der Waals surface area contributed by atoms with Crippen LogP contribution in [0.5, 0.6) is 0 Å². The van der Waals surface area contributed by atoms with Gasteiger partial charge in [0.15, 0.2) is 0 Å². The Morgan fingerprint density at radius 1 is 1.12 bits per heavy atom. The number of fused-ring (bicyclic) bond motifs is 2. The van der Waals surface area contributed by atoms with Crippen molar-refractivity contribution < 1.29 is 4.79 Å². The fourth-order valence-electron chi connectivity index (χ4n) is 4.84. The standard InChI is InChI=1S/C24H28N6O2/c1-16-26-21-9-5-2-6-18(21)23(27-16)29-12-10-17(11-13-29)28-22(31)14-30-15-25-20-8-4-3-7-19(20)24(30)32/h3-4,7-8,15,17H,2,5-6,9-14H2,1H3,(H,28,31). The number of carbonyl (C=O) groups is 1. The predicted octanol–water partition coefficient (Wildman–Crippen LogP) is 2.16. The zero-order valence-corrected chi connectivity index (χ0v) is 18.4. The number of nitrogens with zero attached hydrogens (tertiary/aromatic N) is 5. The molecule has 1 N–H and O–H groups in total. The highest BCUT2D eigenvalue weighted by Gasteiger charge is 2.26. The maximum atomic E-state index is 12.6. The number of hydrogen-bond acceptors (Lipinski definition) is 6. The number of carbonyl (C=O) groups excluding carboxylic acids is 1. The first-order valence-electron chi connectivity index (χ1n) is 11.4. The number of piperidine rings is 1. The third-order valence-electron chi connectivity index (χ3n) is 6.48. The van der Waals surface area contributed by atoms with Gasteiger partial charge in [-0.1, -0.05) is 12.1 Å². The van der Waals surface area contributed by atoms with Gasteiger partial charge in [-0.05, 0) is 57.6 Å². The van der Waals surface area contributed by atoms with Crippen molar-refractivity contribution in [3.05, 3.63) is 58.0 Å². The SMILES string of the molecule is Cc1nc2c(c(N3CCC(NC(=O)Cn4cnc5ccccc5c4=O)CC3)n1)CCCC2. The van der Waals surface area contributed by atoms with Crippen LogP contribution in [-0.2, 0) is 24.2 Å². The Bertz CT molecular complexity index is 1210. The first kappa shape index (κ1) is 20.6. The highest BCUT2D eigenvalue weighted by molar-refractivity contribution is 5.79. The quantitative estimate of drug-likeness (QED) is 0.679. The molecule has 8 nitrogen and oxygen atoms in total. The van der Waals surface area contributed by atoms with Crippen LogP contribution in [0, 0.1) is 6.92 Å². The van der Waals surface area contributed by atoms with Gasteiger partial charge in [0.25, 0.3) is 5.56 Å². The second-order valence-electron chi connectivity index (χ2n) is 8.75. The summed E-state index contributed by atoms with van der Waals surface area (Å²) in [5.74, 6) is 1.77. The van der Waals surface area contributed by atoms with Gasteiger partial charge in [-0.3, -0.25) is 14.2 Å². The molecule has 0 bridgehead atoms. The first-order chi connectivity index (χ1) is 15.6. The number of benzene rings is 1. The van der Waals surface area contributed by atoms with Crippen molar-refractivity contribution >= 4 is 22.6 Å². The topological polar surface area (TPSA) is 93.0 Å². The Hall–Kier alpha value is -3.29. The Kier molecular flexibility index (Phi) is 5.59. The molecule has 1 aliphatic carbocycles. The number of anilines is 1. The molecule has 0 unspecified atom stereocenters. The third-order valence-corrected chi connectivity index (χ3v) is 6.48. The van der Waals surface area contributed by atoms with E-state index in [1.54, 1.807) is 18.2 Å². The maximum Gasteiger partial charge on any atom is 0.261 e. The summed E-state index contributed by atoms with van der Waals surface area (Å²) in [5, 5.41) is 3.63. The van der Waals surface area contributed by atoms with Crippen LogP contribution in [0.1, 0.15) is 42.8 Å². The van der Waals surface area contributed by atoms with E-state index in [1.165, 1.54) is 35.0 Å². The Morgan fingerprint density at radius 2 is 1.91 bits per heavy atom. The summed E-state index contributed by atoms with van der Waals surface area (Å²) in [7, 11) is 0. The van der Waals surface area contributed by atoms with Crippen molar-refractivity contribution in [2.45, 2.75) is 58.0 Å². The van der Waals surface area contributed by atoms with Crippen molar-refractivity contribution in [3.8, 4) is 0 Å². The molecule has 0 saturated carbocycles. The van der Waals surface area contributed by atoms with Crippen LogP contribution >= 0.6 is 0 Å². The highest BCUT2D eigenvalue weighted by atomic mass is 16.2. The lowest BCUT2D eigenvalue weighted by Crippen LogP contribution is -2.46. The van der Waals surface area contributed by atoms with Crippen LogP contribution < -0.4 is 15.8 Å². The molecule has 1 amide bonds. The summed E-state index contributed by atoms with van der Waals surface area (Å²) >= 11 is 0. The molecule has 2 aromatic heterocycles. The molecule has 1 fully saturated rings. The number of rotatable bonds is 4. The maximum absolute atomic E-state index is 12.6. The molecule has 0 spiro atoms. The molecule has 1 aromatic carbocycles. The molecule has 32 heavy (non-hydrogen) atoms. The number of aromatic nitrogens is 4. The minimum Gasteiger partial charge on any atom is -0.356 e. The molecule has 1 saturated heterocycles. The summed E-state index contributed by atoms with van der Waals surface area (Å²) in [5.41, 5.74) is 2.98. The molecular weight excluding hydrogens is 404 g/mol. The molecule has 3 aromatic rings. The smallest absolute Gasteiger partial charge is 0.261 e. The molecule has 3 heterocycles. The number of para-hydroxylation sites is 1. The summed E-state index contributed by atoms with van der Waals surface area (Å²) in [6.45, 7) is 3.65. The average Bonchev–Trinajstić information content (AvgIpc) is 2.81. The number of hydrogen-bond donors (Lipinski definition) is 1. The summed E-state index contributed by atoms with van der Waals surface area (Å²) in [6, 6.07) is 7.28. The monoisotopic (exact) mass is 432 g/mol. The van der Waals surface area contributed by atoms with E-state index >= 15 is 0 Å². The van der Waals surface area contributed by atoms with Crippen LogP contribution in [0.25, 0.3) is 10.9 Å².